The molecule has 0 bridgehead atoms. The molecule has 1 heterocycles. The largest absolute Gasteiger partial charge is 0.372 e. The molecule has 3 rings (SSSR count). The molecule has 2 nitrogen and oxygen atoms in total. The van der Waals surface area contributed by atoms with Crippen LogP contribution in [0.5, 0.6) is 0 Å². The molecule has 1 aromatic rings. The van der Waals surface area contributed by atoms with Gasteiger partial charge < -0.3 is 10.1 Å². The number of rotatable bonds is 1. The molecule has 1 N–H and O–H groups in total. The summed E-state index contributed by atoms with van der Waals surface area (Å²) in [5.74, 6) is 0.726. The first-order valence-corrected chi connectivity index (χ1v) is 7.66. The lowest BCUT2D eigenvalue weighted by Crippen LogP contribution is -2.38. The van der Waals surface area contributed by atoms with E-state index in [4.69, 9.17) is 4.74 Å². The van der Waals surface area contributed by atoms with Gasteiger partial charge in [-0.25, -0.2) is 0 Å². The van der Waals surface area contributed by atoms with Crippen molar-refractivity contribution in [2.75, 3.05) is 13.2 Å². The van der Waals surface area contributed by atoms with Crippen LogP contribution in [0.25, 0.3) is 0 Å². The summed E-state index contributed by atoms with van der Waals surface area (Å²) in [6.45, 7) is 6.24. The van der Waals surface area contributed by atoms with Gasteiger partial charge in [-0.1, -0.05) is 36.6 Å². The standard InChI is InChI=1S/C17H25NO/c1-12-7-8-15(13(2)9-12)17-10-18-16-6-4-3-5-14(16)11-19-17/h7-9,14,16-18H,3-6,10-11H2,1-2H3. The Labute approximate surface area is 116 Å². The van der Waals surface area contributed by atoms with Gasteiger partial charge in [-0.2, -0.15) is 0 Å². The van der Waals surface area contributed by atoms with Crippen LogP contribution < -0.4 is 5.32 Å². The number of fused-ring (bicyclic) bond motifs is 1. The average Bonchev–Trinajstić information content (AvgIpc) is 2.62. The zero-order chi connectivity index (χ0) is 13.2. The summed E-state index contributed by atoms with van der Waals surface area (Å²) in [5.41, 5.74) is 4.05. The zero-order valence-electron chi connectivity index (χ0n) is 12.1. The molecule has 19 heavy (non-hydrogen) atoms. The van der Waals surface area contributed by atoms with Gasteiger partial charge in [-0.05, 0) is 43.7 Å². The van der Waals surface area contributed by atoms with Gasteiger partial charge in [0.15, 0.2) is 0 Å². The van der Waals surface area contributed by atoms with E-state index in [0.717, 1.165) is 19.1 Å². The lowest BCUT2D eigenvalue weighted by atomic mass is 9.85. The summed E-state index contributed by atoms with van der Waals surface area (Å²) in [6, 6.07) is 7.39. The molecule has 0 radical (unpaired) electrons. The third-order valence-corrected chi connectivity index (χ3v) is 4.76. The topological polar surface area (TPSA) is 21.3 Å². The summed E-state index contributed by atoms with van der Waals surface area (Å²) in [5, 5.41) is 3.75. The highest BCUT2D eigenvalue weighted by molar-refractivity contribution is 5.32. The Morgan fingerprint density at radius 2 is 2.00 bits per heavy atom. The first-order chi connectivity index (χ1) is 9.24. The van der Waals surface area contributed by atoms with E-state index < -0.39 is 0 Å². The van der Waals surface area contributed by atoms with Crippen LogP contribution in [0.2, 0.25) is 0 Å². The van der Waals surface area contributed by atoms with E-state index in [2.05, 4.69) is 37.4 Å². The van der Waals surface area contributed by atoms with Crippen LogP contribution in [0.3, 0.4) is 0 Å². The summed E-state index contributed by atoms with van der Waals surface area (Å²) in [4.78, 5) is 0. The SMILES string of the molecule is Cc1ccc(C2CNC3CCCCC3CO2)c(C)c1. The van der Waals surface area contributed by atoms with E-state index >= 15 is 0 Å². The Morgan fingerprint density at radius 1 is 1.16 bits per heavy atom. The fourth-order valence-electron chi connectivity index (χ4n) is 3.62. The van der Waals surface area contributed by atoms with Crippen molar-refractivity contribution in [1.82, 2.24) is 5.32 Å². The van der Waals surface area contributed by atoms with Crippen LogP contribution in [-0.4, -0.2) is 19.2 Å². The van der Waals surface area contributed by atoms with Crippen LogP contribution in [0, 0.1) is 19.8 Å². The second kappa shape index (κ2) is 5.64. The maximum atomic E-state index is 6.22. The summed E-state index contributed by atoms with van der Waals surface area (Å²) in [6.07, 6.45) is 5.64. The average molecular weight is 259 g/mol. The molecule has 2 aliphatic rings. The normalized spacial score (nSPS) is 31.6. The van der Waals surface area contributed by atoms with E-state index in [1.54, 1.807) is 0 Å². The Hall–Kier alpha value is -0.860. The van der Waals surface area contributed by atoms with Gasteiger partial charge in [-0.3, -0.25) is 0 Å². The molecule has 0 aromatic heterocycles. The van der Waals surface area contributed by atoms with Crippen LogP contribution in [0.1, 0.15) is 48.5 Å². The van der Waals surface area contributed by atoms with E-state index in [-0.39, 0.29) is 6.10 Å². The first-order valence-electron chi connectivity index (χ1n) is 7.66. The van der Waals surface area contributed by atoms with Gasteiger partial charge in [0.05, 0.1) is 12.7 Å². The number of hydrogen-bond acceptors (Lipinski definition) is 2. The molecule has 3 atom stereocenters. The van der Waals surface area contributed by atoms with Crippen molar-refractivity contribution in [3.8, 4) is 0 Å². The van der Waals surface area contributed by atoms with Crippen molar-refractivity contribution in [2.24, 2.45) is 5.92 Å². The van der Waals surface area contributed by atoms with Crippen LogP contribution >= 0.6 is 0 Å². The molecule has 1 saturated carbocycles. The maximum Gasteiger partial charge on any atom is 0.0951 e. The Bertz CT molecular complexity index is 427. The van der Waals surface area contributed by atoms with E-state index in [1.807, 2.05) is 0 Å². The van der Waals surface area contributed by atoms with Gasteiger partial charge in [0.1, 0.15) is 0 Å². The van der Waals surface area contributed by atoms with Crippen molar-refractivity contribution in [3.05, 3.63) is 34.9 Å². The minimum absolute atomic E-state index is 0.228. The third-order valence-electron chi connectivity index (χ3n) is 4.76. The zero-order valence-corrected chi connectivity index (χ0v) is 12.1. The van der Waals surface area contributed by atoms with Gasteiger partial charge in [-0.15, -0.1) is 0 Å². The quantitative estimate of drug-likeness (QED) is 0.833. The molecule has 1 aromatic carbocycles. The summed E-state index contributed by atoms with van der Waals surface area (Å²) in [7, 11) is 0. The van der Waals surface area contributed by atoms with Crippen molar-refractivity contribution in [2.45, 2.75) is 51.7 Å². The lowest BCUT2D eigenvalue weighted by molar-refractivity contribution is 0.0398. The molecule has 3 unspecified atom stereocenters. The van der Waals surface area contributed by atoms with E-state index in [9.17, 15) is 0 Å². The van der Waals surface area contributed by atoms with Crippen molar-refractivity contribution < 1.29 is 4.74 Å². The molecule has 0 amide bonds. The third kappa shape index (κ3) is 2.85. The lowest BCUT2D eigenvalue weighted by Gasteiger charge is -2.29. The molecule has 1 saturated heterocycles. The van der Waals surface area contributed by atoms with Gasteiger partial charge in [0, 0.05) is 12.6 Å². The molecule has 2 heteroatoms. The second-order valence-corrected chi connectivity index (χ2v) is 6.24. The Balaban J connectivity index is 1.75. The van der Waals surface area contributed by atoms with Gasteiger partial charge >= 0.3 is 0 Å². The predicted molar refractivity (Wildman–Crippen MR) is 78.4 cm³/mol. The number of ether oxygens (including phenoxy) is 1. The minimum atomic E-state index is 0.228. The molecule has 104 valence electrons. The number of benzene rings is 1. The fourth-order valence-corrected chi connectivity index (χ4v) is 3.62. The molecule has 2 fully saturated rings. The van der Waals surface area contributed by atoms with Gasteiger partial charge in [0.25, 0.3) is 0 Å². The highest BCUT2D eigenvalue weighted by Crippen LogP contribution is 2.31. The molecule has 1 aliphatic carbocycles. The van der Waals surface area contributed by atoms with Crippen molar-refractivity contribution in [3.63, 3.8) is 0 Å². The number of aryl methyl sites for hydroxylation is 2. The fraction of sp³-hybridized carbons (Fsp3) is 0.647. The monoisotopic (exact) mass is 259 g/mol. The van der Waals surface area contributed by atoms with E-state index in [1.165, 1.54) is 42.4 Å². The molecular formula is C17H25NO. The summed E-state index contributed by atoms with van der Waals surface area (Å²) < 4.78 is 6.22. The Kier molecular flexibility index (Phi) is 3.90. The molecule has 0 spiro atoms. The Morgan fingerprint density at radius 3 is 2.84 bits per heavy atom. The van der Waals surface area contributed by atoms with Crippen LogP contribution in [-0.2, 0) is 4.74 Å². The smallest absolute Gasteiger partial charge is 0.0951 e. The van der Waals surface area contributed by atoms with Gasteiger partial charge in [0.2, 0.25) is 0 Å². The highest BCUT2D eigenvalue weighted by Gasteiger charge is 2.30. The minimum Gasteiger partial charge on any atom is -0.372 e. The molecule has 1 aliphatic heterocycles. The predicted octanol–water partition coefficient (Wildman–Crippen LogP) is 3.52. The number of hydrogen-bond donors (Lipinski definition) is 1. The maximum absolute atomic E-state index is 6.22. The summed E-state index contributed by atoms with van der Waals surface area (Å²) >= 11 is 0. The second-order valence-electron chi connectivity index (χ2n) is 6.24. The van der Waals surface area contributed by atoms with Crippen LogP contribution in [0.15, 0.2) is 18.2 Å². The first kappa shape index (κ1) is 13.1. The molecular weight excluding hydrogens is 234 g/mol. The van der Waals surface area contributed by atoms with Crippen molar-refractivity contribution in [1.29, 1.82) is 0 Å². The van der Waals surface area contributed by atoms with Crippen molar-refractivity contribution >= 4 is 0 Å². The number of nitrogens with one attached hydrogen (secondary N) is 1. The van der Waals surface area contributed by atoms with E-state index in [0.29, 0.717) is 6.04 Å². The van der Waals surface area contributed by atoms with Crippen LogP contribution in [0.4, 0.5) is 0 Å². The highest BCUT2D eigenvalue weighted by atomic mass is 16.5.